The smallest absolute Gasteiger partial charge is 0.0198 e. The number of nitrogens with zero attached hydrogens (tertiary/aromatic N) is 1. The zero-order valence-electron chi connectivity index (χ0n) is 16.4. The maximum absolute atomic E-state index is 2.75. The third-order valence-electron chi connectivity index (χ3n) is 7.25. The first kappa shape index (κ1) is 18.3. The Morgan fingerprint density at radius 3 is 2.27 bits per heavy atom. The summed E-state index contributed by atoms with van der Waals surface area (Å²) in [6.07, 6.45) is 8.48. The van der Waals surface area contributed by atoms with E-state index in [2.05, 4.69) is 53.4 Å². The van der Waals surface area contributed by atoms with Crippen molar-refractivity contribution in [3.63, 3.8) is 0 Å². The lowest BCUT2D eigenvalue weighted by Crippen LogP contribution is -2.24. The summed E-state index contributed by atoms with van der Waals surface area (Å²) in [6.45, 7) is 18.5. The molecule has 0 aromatic heterocycles. The Kier molecular flexibility index (Phi) is 6.02. The molecule has 1 aliphatic heterocycles. The summed E-state index contributed by atoms with van der Waals surface area (Å²) < 4.78 is 0. The zero-order chi connectivity index (χ0) is 16.5. The fraction of sp³-hybridized carbons (Fsp3) is 1.00. The van der Waals surface area contributed by atoms with Gasteiger partial charge in [0.05, 0.1) is 0 Å². The van der Waals surface area contributed by atoms with Gasteiger partial charge in [0.2, 0.25) is 0 Å². The Morgan fingerprint density at radius 2 is 1.77 bits per heavy atom. The Bertz CT molecular complexity index is 348. The zero-order valence-corrected chi connectivity index (χ0v) is 16.4. The van der Waals surface area contributed by atoms with Crippen molar-refractivity contribution in [2.24, 2.45) is 29.1 Å². The van der Waals surface area contributed by atoms with Crippen molar-refractivity contribution in [1.82, 2.24) is 4.90 Å². The van der Waals surface area contributed by atoms with Gasteiger partial charge in [0, 0.05) is 18.6 Å². The molecule has 0 amide bonds. The average Bonchev–Trinajstić information content (AvgIpc) is 3.07. The van der Waals surface area contributed by atoms with Crippen LogP contribution in [0.5, 0.6) is 0 Å². The fourth-order valence-corrected chi connectivity index (χ4v) is 5.01. The van der Waals surface area contributed by atoms with Gasteiger partial charge in [-0.15, -0.1) is 0 Å². The van der Waals surface area contributed by atoms with Gasteiger partial charge in [-0.3, -0.25) is 4.90 Å². The van der Waals surface area contributed by atoms with E-state index in [9.17, 15) is 0 Å². The maximum Gasteiger partial charge on any atom is 0.0198 e. The predicted octanol–water partition coefficient (Wildman–Crippen LogP) is 5.98. The Morgan fingerprint density at radius 1 is 1.14 bits per heavy atom. The van der Waals surface area contributed by atoms with E-state index in [0.717, 1.165) is 35.8 Å². The molecule has 7 atom stereocenters. The van der Waals surface area contributed by atoms with E-state index in [1.54, 1.807) is 0 Å². The van der Waals surface area contributed by atoms with Crippen LogP contribution in [0.1, 0.15) is 87.0 Å². The molecule has 1 nitrogen and oxygen atoms in total. The molecule has 0 aromatic carbocycles. The lowest BCUT2D eigenvalue weighted by molar-refractivity contribution is 0.188. The highest BCUT2D eigenvalue weighted by atomic mass is 15.3. The van der Waals surface area contributed by atoms with Crippen LogP contribution < -0.4 is 0 Å². The molecule has 0 bridgehead atoms. The van der Waals surface area contributed by atoms with Crippen molar-refractivity contribution in [2.45, 2.75) is 99.1 Å². The summed E-state index contributed by atoms with van der Waals surface area (Å²) in [5, 5.41) is 0. The monoisotopic (exact) mass is 307 g/mol. The predicted molar refractivity (Wildman–Crippen MR) is 98.1 cm³/mol. The summed E-state index contributed by atoms with van der Waals surface area (Å²) >= 11 is 0. The van der Waals surface area contributed by atoms with Gasteiger partial charge < -0.3 is 0 Å². The Hall–Kier alpha value is -0.0400. The molecule has 1 heterocycles. The van der Waals surface area contributed by atoms with Crippen molar-refractivity contribution in [3.05, 3.63) is 0 Å². The van der Waals surface area contributed by atoms with Crippen molar-refractivity contribution in [3.8, 4) is 0 Å². The Labute approximate surface area is 140 Å². The minimum Gasteiger partial charge on any atom is -0.295 e. The largest absolute Gasteiger partial charge is 0.295 e. The van der Waals surface area contributed by atoms with Gasteiger partial charge in [-0.1, -0.05) is 54.4 Å². The number of hydrogen-bond donors (Lipinski definition) is 0. The summed E-state index contributed by atoms with van der Waals surface area (Å²) in [7, 11) is 0. The van der Waals surface area contributed by atoms with E-state index in [0.29, 0.717) is 5.41 Å². The second-order valence-corrected chi connectivity index (χ2v) is 9.43. The number of hydrogen-bond acceptors (Lipinski definition) is 1. The van der Waals surface area contributed by atoms with E-state index in [4.69, 9.17) is 0 Å². The Balaban J connectivity index is 1.88. The highest BCUT2D eigenvalue weighted by molar-refractivity contribution is 4.99. The molecule has 2 rings (SSSR count). The third kappa shape index (κ3) is 4.28. The van der Waals surface area contributed by atoms with Crippen LogP contribution in [-0.4, -0.2) is 23.5 Å². The van der Waals surface area contributed by atoms with Gasteiger partial charge in [0.15, 0.2) is 0 Å². The molecule has 1 aliphatic carbocycles. The van der Waals surface area contributed by atoms with Crippen LogP contribution in [0.25, 0.3) is 0 Å². The second-order valence-electron chi connectivity index (χ2n) is 9.43. The molecule has 1 saturated heterocycles. The molecule has 0 spiro atoms. The van der Waals surface area contributed by atoms with E-state index in [-0.39, 0.29) is 0 Å². The van der Waals surface area contributed by atoms with Crippen LogP contribution in [0.2, 0.25) is 0 Å². The molecule has 0 radical (unpaired) electrons. The minimum absolute atomic E-state index is 0.535. The highest BCUT2D eigenvalue weighted by Crippen LogP contribution is 2.46. The van der Waals surface area contributed by atoms with E-state index in [1.807, 2.05) is 0 Å². The maximum atomic E-state index is 2.75. The standard InChI is InChI=1S/C21H41N/c1-8-19(15(3)10-11-21(6,7)9-2)18-12-16(4)20(13-18)22-14-17(22)5/h15-20H,8-14H2,1-7H3. The van der Waals surface area contributed by atoms with Crippen LogP contribution in [0.3, 0.4) is 0 Å². The van der Waals surface area contributed by atoms with Crippen LogP contribution in [0, 0.1) is 29.1 Å². The van der Waals surface area contributed by atoms with Gasteiger partial charge in [0.25, 0.3) is 0 Å². The first-order valence-corrected chi connectivity index (χ1v) is 10.0. The van der Waals surface area contributed by atoms with Crippen LogP contribution in [0.15, 0.2) is 0 Å². The minimum atomic E-state index is 0.535. The molecular formula is C21H41N. The van der Waals surface area contributed by atoms with Gasteiger partial charge in [0.1, 0.15) is 0 Å². The molecule has 7 unspecified atom stereocenters. The molecule has 0 N–H and O–H groups in total. The first-order chi connectivity index (χ1) is 10.3. The van der Waals surface area contributed by atoms with Crippen molar-refractivity contribution >= 4 is 0 Å². The molecular weight excluding hydrogens is 266 g/mol. The quantitative estimate of drug-likeness (QED) is 0.498. The molecule has 130 valence electrons. The summed E-state index contributed by atoms with van der Waals surface area (Å²) in [5.74, 6) is 3.76. The second kappa shape index (κ2) is 7.24. The average molecular weight is 308 g/mol. The fourth-order valence-electron chi connectivity index (χ4n) is 5.01. The molecule has 2 aliphatic rings. The third-order valence-corrected chi connectivity index (χ3v) is 7.25. The lowest BCUT2D eigenvalue weighted by Gasteiger charge is -2.32. The van der Waals surface area contributed by atoms with Crippen LogP contribution in [-0.2, 0) is 0 Å². The summed E-state index contributed by atoms with van der Waals surface area (Å²) in [6, 6.07) is 1.77. The van der Waals surface area contributed by atoms with Gasteiger partial charge in [-0.25, -0.2) is 0 Å². The lowest BCUT2D eigenvalue weighted by atomic mass is 9.74. The van der Waals surface area contributed by atoms with E-state index in [1.165, 1.54) is 45.1 Å². The summed E-state index contributed by atoms with van der Waals surface area (Å²) in [5.41, 5.74) is 0.535. The van der Waals surface area contributed by atoms with E-state index < -0.39 is 0 Å². The first-order valence-electron chi connectivity index (χ1n) is 10.0. The molecule has 2 fully saturated rings. The summed E-state index contributed by atoms with van der Waals surface area (Å²) in [4.78, 5) is 2.75. The SMILES string of the molecule is CCC(C(C)CCC(C)(C)CC)C1CC(C)C(N2CC2C)C1. The van der Waals surface area contributed by atoms with Crippen molar-refractivity contribution in [2.75, 3.05) is 6.54 Å². The molecule has 1 saturated carbocycles. The molecule has 22 heavy (non-hydrogen) atoms. The number of rotatable bonds is 8. The molecule has 0 aromatic rings. The van der Waals surface area contributed by atoms with Crippen molar-refractivity contribution < 1.29 is 0 Å². The van der Waals surface area contributed by atoms with E-state index >= 15 is 0 Å². The highest BCUT2D eigenvalue weighted by Gasteiger charge is 2.45. The van der Waals surface area contributed by atoms with Gasteiger partial charge >= 0.3 is 0 Å². The topological polar surface area (TPSA) is 3.01 Å². The van der Waals surface area contributed by atoms with Crippen LogP contribution in [0.4, 0.5) is 0 Å². The van der Waals surface area contributed by atoms with Crippen LogP contribution >= 0.6 is 0 Å². The van der Waals surface area contributed by atoms with Gasteiger partial charge in [-0.05, 0) is 61.7 Å². The molecule has 1 heteroatoms. The van der Waals surface area contributed by atoms with Crippen molar-refractivity contribution in [1.29, 1.82) is 0 Å². The normalized spacial score (nSPS) is 38.0. The van der Waals surface area contributed by atoms with Gasteiger partial charge in [-0.2, -0.15) is 0 Å².